The number of halogens is 1. The van der Waals surface area contributed by atoms with Gasteiger partial charge < -0.3 is 9.09 Å². The Morgan fingerprint density at radius 3 is 2.90 bits per heavy atom. The fraction of sp³-hybridized carbons (Fsp3) is 0.286. The van der Waals surface area contributed by atoms with Crippen molar-refractivity contribution in [3.8, 4) is 0 Å². The van der Waals surface area contributed by atoms with E-state index in [2.05, 4.69) is 44.4 Å². The van der Waals surface area contributed by atoms with E-state index in [9.17, 15) is 4.79 Å². The maximum absolute atomic E-state index is 12.8. The first-order chi connectivity index (χ1) is 14.6. The van der Waals surface area contributed by atoms with Crippen LogP contribution in [0.25, 0.3) is 16.7 Å². The number of hydrogen-bond donors (Lipinski definition) is 0. The molecule has 0 saturated heterocycles. The number of nitrogens with zero attached hydrogens (tertiary/aromatic N) is 6. The summed E-state index contributed by atoms with van der Waals surface area (Å²) in [5, 5.41) is 4.50. The number of allylic oxidation sites excluding steroid dienone is 2. The van der Waals surface area contributed by atoms with Gasteiger partial charge in [-0.1, -0.05) is 35.5 Å². The second kappa shape index (κ2) is 5.26. The highest BCUT2D eigenvalue weighted by Crippen LogP contribution is 2.90. The molecule has 8 nitrogen and oxygen atoms in total. The van der Waals surface area contributed by atoms with Gasteiger partial charge >= 0.3 is 0 Å². The number of hydrogen-bond acceptors (Lipinski definition) is 6. The number of imidazole rings is 1. The number of benzene rings is 1. The maximum Gasteiger partial charge on any atom is 0.280 e. The summed E-state index contributed by atoms with van der Waals surface area (Å²) >= 11 is 6.01. The molecular weight excluding hydrogens is 404 g/mol. The second-order valence-corrected chi connectivity index (χ2v) is 8.56. The summed E-state index contributed by atoms with van der Waals surface area (Å²) in [5.74, 6) is 2.30. The summed E-state index contributed by atoms with van der Waals surface area (Å²) in [7, 11) is 1.68. The molecule has 2 bridgehead atoms. The molecule has 0 amide bonds. The van der Waals surface area contributed by atoms with Crippen molar-refractivity contribution in [3.63, 3.8) is 0 Å². The van der Waals surface area contributed by atoms with Crippen LogP contribution in [0.5, 0.6) is 0 Å². The Labute approximate surface area is 174 Å². The summed E-state index contributed by atoms with van der Waals surface area (Å²) in [5.41, 5.74) is 4.61. The van der Waals surface area contributed by atoms with E-state index in [0.717, 1.165) is 12.2 Å². The molecule has 3 atom stereocenters. The zero-order chi connectivity index (χ0) is 20.2. The van der Waals surface area contributed by atoms with Crippen LogP contribution in [-0.4, -0.2) is 29.2 Å². The molecular formula is C21H15ClN6O2. The van der Waals surface area contributed by atoms with E-state index in [1.165, 1.54) is 32.2 Å². The molecule has 0 unspecified atom stereocenters. The molecule has 0 N–H and O–H groups in total. The molecule has 1 aromatic carbocycles. The Kier molecular flexibility index (Phi) is 2.90. The normalized spacial score (nSPS) is 25.8. The van der Waals surface area contributed by atoms with Crippen LogP contribution >= 0.6 is 11.6 Å². The lowest BCUT2D eigenvalue weighted by molar-refractivity contribution is 0.363. The number of aromatic nitrogens is 6. The van der Waals surface area contributed by atoms with E-state index in [4.69, 9.17) is 16.1 Å². The van der Waals surface area contributed by atoms with E-state index < -0.39 is 0 Å². The third-order valence-corrected chi connectivity index (χ3v) is 7.20. The van der Waals surface area contributed by atoms with Gasteiger partial charge in [-0.15, -0.1) is 0 Å². The average Bonchev–Trinajstić information content (AvgIpc) is 3.22. The molecule has 0 aliphatic heterocycles. The molecule has 4 aliphatic carbocycles. The van der Waals surface area contributed by atoms with Crippen LogP contribution in [0.15, 0.2) is 51.5 Å². The van der Waals surface area contributed by atoms with Gasteiger partial charge in [0.05, 0.1) is 5.41 Å². The third-order valence-electron chi connectivity index (χ3n) is 6.86. The summed E-state index contributed by atoms with van der Waals surface area (Å²) < 4.78 is 8.47. The second-order valence-electron chi connectivity index (χ2n) is 8.22. The molecule has 148 valence electrons. The molecule has 8 rings (SSSR count). The van der Waals surface area contributed by atoms with Gasteiger partial charge in [-0.05, 0) is 40.6 Å². The molecule has 0 spiro atoms. The molecule has 2 fully saturated rings. The Morgan fingerprint density at radius 1 is 1.27 bits per heavy atom. The third kappa shape index (κ3) is 1.85. The van der Waals surface area contributed by atoms with Crippen molar-refractivity contribution in [1.29, 1.82) is 0 Å². The Hall–Kier alpha value is -3.26. The van der Waals surface area contributed by atoms with Crippen LogP contribution < -0.4 is 5.56 Å². The quantitative estimate of drug-likeness (QED) is 0.473. The minimum atomic E-state index is -0.246. The first kappa shape index (κ1) is 16.5. The summed E-state index contributed by atoms with van der Waals surface area (Å²) in [6.07, 6.45) is 2.52. The number of fused-ring (bicyclic) bond motifs is 2. The van der Waals surface area contributed by atoms with Crippen molar-refractivity contribution in [1.82, 2.24) is 29.2 Å². The van der Waals surface area contributed by atoms with Gasteiger partial charge in [0.1, 0.15) is 12.9 Å². The van der Waals surface area contributed by atoms with Gasteiger partial charge in [0.25, 0.3) is 5.56 Å². The Balaban J connectivity index is 1.21. The fourth-order valence-electron chi connectivity index (χ4n) is 5.36. The van der Waals surface area contributed by atoms with Gasteiger partial charge in [0.2, 0.25) is 11.2 Å². The minimum Gasteiger partial charge on any atom is -0.337 e. The van der Waals surface area contributed by atoms with Crippen LogP contribution in [-0.2, 0) is 19.0 Å². The molecule has 3 heterocycles. The predicted molar refractivity (Wildman–Crippen MR) is 108 cm³/mol. The van der Waals surface area contributed by atoms with Gasteiger partial charge in [-0.25, -0.2) is 4.98 Å². The van der Waals surface area contributed by atoms with Crippen molar-refractivity contribution in [2.24, 2.45) is 18.9 Å². The van der Waals surface area contributed by atoms with Crippen molar-refractivity contribution >= 4 is 28.3 Å². The lowest BCUT2D eigenvalue weighted by Crippen LogP contribution is -2.22. The van der Waals surface area contributed by atoms with Crippen molar-refractivity contribution < 1.29 is 4.52 Å². The highest BCUT2D eigenvalue weighted by Gasteiger charge is 2.89. The van der Waals surface area contributed by atoms with E-state index in [1.54, 1.807) is 7.05 Å². The number of aryl methyl sites for hydroxylation is 1. The van der Waals surface area contributed by atoms with Crippen LogP contribution in [0.1, 0.15) is 23.7 Å². The van der Waals surface area contributed by atoms with Gasteiger partial charge in [-0.2, -0.15) is 9.97 Å². The number of rotatable bonds is 4. The van der Waals surface area contributed by atoms with Crippen LogP contribution in [0.2, 0.25) is 5.28 Å². The highest BCUT2D eigenvalue weighted by atomic mass is 35.5. The zero-order valence-electron chi connectivity index (χ0n) is 15.9. The minimum absolute atomic E-state index is 0.0182. The average molecular weight is 419 g/mol. The molecule has 3 aromatic heterocycles. The van der Waals surface area contributed by atoms with Crippen molar-refractivity contribution in [2.75, 3.05) is 0 Å². The molecule has 4 aromatic rings. The van der Waals surface area contributed by atoms with Crippen molar-refractivity contribution in [3.05, 3.63) is 75.1 Å². The first-order valence-electron chi connectivity index (χ1n) is 9.80. The lowest BCUT2D eigenvalue weighted by atomic mass is 10.1. The highest BCUT2D eigenvalue weighted by molar-refractivity contribution is 6.29. The Bertz CT molecular complexity index is 1470. The molecule has 0 radical (unpaired) electrons. The van der Waals surface area contributed by atoms with Gasteiger partial charge in [-0.3, -0.25) is 9.36 Å². The maximum atomic E-state index is 12.8. The van der Waals surface area contributed by atoms with Crippen molar-refractivity contribution in [2.45, 2.75) is 18.4 Å². The molecule has 30 heavy (non-hydrogen) atoms. The standard InChI is InChI=1S/C21H15ClN6O2/c1-27-16-17(25-20(27)22)23-9-28(18(16)29)8-13-24-19(26-30-13)21-12-7-11(14(21)15(12)21)10-5-3-2-4-6-10/h2-6,9,12,15H,7-8H2,1H3/t12-,15-,21+/m1/s1. The van der Waals surface area contributed by atoms with Crippen LogP contribution in [0, 0.1) is 11.8 Å². The van der Waals surface area contributed by atoms with Gasteiger partial charge in [0, 0.05) is 13.0 Å². The molecule has 4 aliphatic rings. The molecule has 9 heteroatoms. The summed E-state index contributed by atoms with van der Waals surface area (Å²) in [6.45, 7) is 0.160. The largest absolute Gasteiger partial charge is 0.337 e. The van der Waals surface area contributed by atoms with Gasteiger partial charge in [0.15, 0.2) is 17.0 Å². The smallest absolute Gasteiger partial charge is 0.280 e. The lowest BCUT2D eigenvalue weighted by Gasteiger charge is -2.02. The summed E-state index contributed by atoms with van der Waals surface area (Å²) in [4.78, 5) is 25.8. The SMILES string of the molecule is Cn1c(Cl)nc2ncn(Cc3nc([C@]45C6=C(c7ccccc7)C[C@@H]4[C@H]65)no3)c(=O)c21. The van der Waals surface area contributed by atoms with E-state index in [1.807, 2.05) is 6.07 Å². The monoisotopic (exact) mass is 418 g/mol. The van der Waals surface area contributed by atoms with E-state index in [0.29, 0.717) is 28.9 Å². The summed E-state index contributed by atoms with van der Waals surface area (Å²) in [6, 6.07) is 10.5. The first-order valence-corrected chi connectivity index (χ1v) is 10.2. The predicted octanol–water partition coefficient (Wildman–Crippen LogP) is 2.57. The van der Waals surface area contributed by atoms with E-state index in [-0.39, 0.29) is 22.8 Å². The molecule has 2 saturated carbocycles. The van der Waals surface area contributed by atoms with Crippen LogP contribution in [0.3, 0.4) is 0 Å². The zero-order valence-corrected chi connectivity index (χ0v) is 16.7. The van der Waals surface area contributed by atoms with E-state index >= 15 is 0 Å². The van der Waals surface area contributed by atoms with Crippen LogP contribution in [0.4, 0.5) is 0 Å². The fourth-order valence-corrected chi connectivity index (χ4v) is 5.53. The Morgan fingerprint density at radius 2 is 2.10 bits per heavy atom. The topological polar surface area (TPSA) is 91.6 Å².